The van der Waals surface area contributed by atoms with Gasteiger partial charge in [-0.05, 0) is 67.0 Å². The number of nitrogens with zero attached hydrogens (tertiary/aromatic N) is 2. The number of nitrogens with one attached hydrogen (secondary N) is 1. The van der Waals surface area contributed by atoms with E-state index in [4.69, 9.17) is 9.72 Å². The number of benzene rings is 1. The number of rotatable bonds is 4. The number of H-pyrrole nitrogens is 1. The number of carbonyl (C=O) groups excluding carboxylic acids is 1. The molecule has 4 heterocycles. The Morgan fingerprint density at radius 2 is 2.00 bits per heavy atom. The van der Waals surface area contributed by atoms with Crippen LogP contribution < -0.4 is 5.56 Å². The summed E-state index contributed by atoms with van der Waals surface area (Å²) < 4.78 is 5.72. The summed E-state index contributed by atoms with van der Waals surface area (Å²) in [5.41, 5.74) is 4.94. The molecule has 1 aliphatic rings. The predicted molar refractivity (Wildman–Crippen MR) is 141 cm³/mol. The maximum Gasteiger partial charge on any atom is 0.339 e. The number of hydrogen-bond donors (Lipinski definition) is 1. The second kappa shape index (κ2) is 8.55. The molecule has 1 N–H and O–H groups in total. The minimum atomic E-state index is -0.432. The lowest BCUT2D eigenvalue weighted by molar-refractivity contribution is 0.0463. The van der Waals surface area contributed by atoms with Gasteiger partial charge in [-0.3, -0.25) is 4.79 Å². The SMILES string of the molecule is Cc1sc2nc(COC(=O)c3c4c(nc5ccccc35)/C(=C/c3cccs3)CC4)[nH]c(=O)c2c1C. The maximum absolute atomic E-state index is 13.4. The number of aromatic amines is 1. The van der Waals surface area contributed by atoms with E-state index in [0.717, 1.165) is 55.9 Å². The number of aryl methyl sites for hydroxylation is 2. The average molecular weight is 500 g/mol. The van der Waals surface area contributed by atoms with Gasteiger partial charge in [0.15, 0.2) is 0 Å². The molecule has 6 rings (SSSR count). The van der Waals surface area contributed by atoms with Crippen LogP contribution in [0.3, 0.4) is 0 Å². The summed E-state index contributed by atoms with van der Waals surface area (Å²) in [4.78, 5) is 41.1. The highest BCUT2D eigenvalue weighted by Crippen LogP contribution is 2.38. The van der Waals surface area contributed by atoms with Crippen molar-refractivity contribution in [3.8, 4) is 0 Å². The lowest BCUT2D eigenvalue weighted by Gasteiger charge is -2.12. The van der Waals surface area contributed by atoms with E-state index in [9.17, 15) is 9.59 Å². The van der Waals surface area contributed by atoms with Crippen LogP contribution in [0, 0.1) is 13.8 Å². The molecule has 5 aromatic rings. The zero-order chi connectivity index (χ0) is 24.1. The van der Waals surface area contributed by atoms with Crippen LogP contribution in [0.25, 0.3) is 32.8 Å². The second-order valence-electron chi connectivity index (χ2n) is 8.57. The molecular weight excluding hydrogens is 478 g/mol. The van der Waals surface area contributed by atoms with E-state index in [1.54, 1.807) is 11.3 Å². The lowest BCUT2D eigenvalue weighted by atomic mass is 10.0. The van der Waals surface area contributed by atoms with E-state index in [0.29, 0.717) is 21.6 Å². The average Bonchev–Trinajstić information content (AvgIpc) is 3.57. The molecule has 6 nitrogen and oxygen atoms in total. The molecule has 0 saturated carbocycles. The van der Waals surface area contributed by atoms with E-state index in [1.165, 1.54) is 11.3 Å². The van der Waals surface area contributed by atoms with Crippen molar-refractivity contribution in [1.29, 1.82) is 0 Å². The topological polar surface area (TPSA) is 84.9 Å². The Hall–Kier alpha value is -3.62. The largest absolute Gasteiger partial charge is 0.454 e. The molecule has 0 spiro atoms. The molecule has 4 aromatic heterocycles. The molecule has 1 aromatic carbocycles. The fourth-order valence-electron chi connectivity index (χ4n) is 4.63. The first kappa shape index (κ1) is 21.9. The molecule has 174 valence electrons. The Balaban J connectivity index is 1.37. The van der Waals surface area contributed by atoms with Crippen LogP contribution >= 0.6 is 22.7 Å². The van der Waals surface area contributed by atoms with Gasteiger partial charge in [0.1, 0.15) is 17.3 Å². The van der Waals surface area contributed by atoms with Crippen LogP contribution in [0.1, 0.15) is 49.2 Å². The van der Waals surface area contributed by atoms with Crippen molar-refractivity contribution in [2.24, 2.45) is 0 Å². The summed E-state index contributed by atoms with van der Waals surface area (Å²) in [6.07, 6.45) is 3.70. The number of fused-ring (bicyclic) bond motifs is 3. The third-order valence-corrected chi connectivity index (χ3v) is 8.35. The smallest absolute Gasteiger partial charge is 0.339 e. The van der Waals surface area contributed by atoms with Crippen molar-refractivity contribution in [2.45, 2.75) is 33.3 Å². The first-order chi connectivity index (χ1) is 17.0. The number of pyridine rings is 1. The zero-order valence-corrected chi connectivity index (χ0v) is 20.8. The highest BCUT2D eigenvalue weighted by Gasteiger charge is 2.28. The van der Waals surface area contributed by atoms with Gasteiger partial charge in [0.25, 0.3) is 5.56 Å². The van der Waals surface area contributed by atoms with Crippen molar-refractivity contribution in [3.05, 3.63) is 90.1 Å². The van der Waals surface area contributed by atoms with Gasteiger partial charge in [0.05, 0.1) is 22.2 Å². The number of carbonyl (C=O) groups is 1. The van der Waals surface area contributed by atoms with Gasteiger partial charge in [-0.25, -0.2) is 14.8 Å². The number of aromatic nitrogens is 3. The first-order valence-corrected chi connectivity index (χ1v) is 13.0. The number of esters is 1. The molecule has 0 saturated heterocycles. The zero-order valence-electron chi connectivity index (χ0n) is 19.2. The number of ether oxygens (including phenoxy) is 1. The molecule has 0 unspecified atom stereocenters. The minimum Gasteiger partial charge on any atom is -0.454 e. The Morgan fingerprint density at radius 1 is 1.14 bits per heavy atom. The predicted octanol–water partition coefficient (Wildman–Crippen LogP) is 6.05. The summed E-state index contributed by atoms with van der Waals surface area (Å²) in [7, 11) is 0. The summed E-state index contributed by atoms with van der Waals surface area (Å²) in [5, 5.41) is 3.42. The van der Waals surface area contributed by atoms with E-state index in [-0.39, 0.29) is 12.2 Å². The van der Waals surface area contributed by atoms with E-state index in [2.05, 4.69) is 22.1 Å². The Labute approximate surface area is 209 Å². The molecule has 0 atom stereocenters. The number of para-hydroxylation sites is 1. The van der Waals surface area contributed by atoms with Gasteiger partial charge >= 0.3 is 5.97 Å². The fourth-order valence-corrected chi connectivity index (χ4v) is 6.36. The number of allylic oxidation sites excluding steroid dienone is 1. The normalized spacial score (nSPS) is 14.2. The summed E-state index contributed by atoms with van der Waals surface area (Å²) in [5.74, 6) is -0.0936. The van der Waals surface area contributed by atoms with Gasteiger partial charge < -0.3 is 9.72 Å². The third kappa shape index (κ3) is 3.79. The van der Waals surface area contributed by atoms with Crippen LogP contribution in [-0.2, 0) is 17.8 Å². The molecule has 0 amide bonds. The summed E-state index contributed by atoms with van der Waals surface area (Å²) in [6.45, 7) is 3.78. The van der Waals surface area contributed by atoms with E-state index in [1.807, 2.05) is 49.6 Å². The van der Waals surface area contributed by atoms with Crippen molar-refractivity contribution in [2.75, 3.05) is 0 Å². The van der Waals surface area contributed by atoms with Crippen molar-refractivity contribution in [1.82, 2.24) is 15.0 Å². The van der Waals surface area contributed by atoms with Crippen LogP contribution in [0.15, 0.2) is 46.6 Å². The van der Waals surface area contributed by atoms with Crippen molar-refractivity contribution in [3.63, 3.8) is 0 Å². The second-order valence-corrected chi connectivity index (χ2v) is 10.8. The lowest BCUT2D eigenvalue weighted by Crippen LogP contribution is -2.15. The minimum absolute atomic E-state index is 0.108. The van der Waals surface area contributed by atoms with Crippen molar-refractivity contribution < 1.29 is 9.53 Å². The van der Waals surface area contributed by atoms with Gasteiger partial charge in [-0.2, -0.15) is 0 Å². The van der Waals surface area contributed by atoms with Gasteiger partial charge in [0.2, 0.25) is 0 Å². The molecule has 8 heteroatoms. The monoisotopic (exact) mass is 499 g/mol. The maximum atomic E-state index is 13.4. The fraction of sp³-hybridized carbons (Fsp3) is 0.185. The quantitative estimate of drug-likeness (QED) is 0.304. The van der Waals surface area contributed by atoms with Gasteiger partial charge in [-0.1, -0.05) is 24.3 Å². The van der Waals surface area contributed by atoms with Gasteiger partial charge in [0, 0.05) is 15.1 Å². The molecule has 0 bridgehead atoms. The highest BCUT2D eigenvalue weighted by molar-refractivity contribution is 7.18. The standard InChI is InChI=1S/C27H21N3O3S2/c1-14-15(2)35-26-22(14)25(31)29-21(30-26)13-33-27(32)23-18-7-3-4-8-20(18)28-24-16(9-10-19(23)24)12-17-6-5-11-34-17/h3-8,11-12H,9-10,13H2,1-2H3,(H,29,30,31)/b16-12+. The van der Waals surface area contributed by atoms with Crippen LogP contribution in [-0.4, -0.2) is 20.9 Å². The molecular formula is C27H21N3O3S2. The highest BCUT2D eigenvalue weighted by atomic mass is 32.1. The Bertz CT molecular complexity index is 1710. The molecule has 0 fully saturated rings. The summed E-state index contributed by atoms with van der Waals surface area (Å²) in [6, 6.07) is 11.7. The van der Waals surface area contributed by atoms with Crippen molar-refractivity contribution >= 4 is 61.4 Å². The number of thiophene rings is 2. The van der Waals surface area contributed by atoms with Crippen LogP contribution in [0.5, 0.6) is 0 Å². The molecule has 35 heavy (non-hydrogen) atoms. The van der Waals surface area contributed by atoms with Gasteiger partial charge in [-0.15, -0.1) is 22.7 Å². The van der Waals surface area contributed by atoms with Crippen LogP contribution in [0.2, 0.25) is 0 Å². The van der Waals surface area contributed by atoms with E-state index < -0.39 is 5.97 Å². The van der Waals surface area contributed by atoms with E-state index >= 15 is 0 Å². The molecule has 0 aliphatic heterocycles. The molecule has 1 aliphatic carbocycles. The third-order valence-electron chi connectivity index (χ3n) is 6.43. The molecule has 0 radical (unpaired) electrons. The van der Waals surface area contributed by atoms with Crippen LogP contribution in [0.4, 0.5) is 0 Å². The Kier molecular flexibility index (Phi) is 5.35. The number of hydrogen-bond acceptors (Lipinski definition) is 7. The summed E-state index contributed by atoms with van der Waals surface area (Å²) >= 11 is 3.15. The Morgan fingerprint density at radius 3 is 2.83 bits per heavy atom. The first-order valence-electron chi connectivity index (χ1n) is 11.3.